The minimum Gasteiger partial charge on any atom is -0.507 e. The SMILES string of the molecule is Cc1ccc(C)c(C(O)=C2C(=O)C(=O)N(c3nc4c(C)cc(C)cc4s3)C2c2cccc(Br)c2)c1. The Balaban J connectivity index is 1.78. The summed E-state index contributed by atoms with van der Waals surface area (Å²) in [6, 6.07) is 16.4. The molecule has 7 heteroatoms. The molecule has 35 heavy (non-hydrogen) atoms. The Morgan fingerprint density at radius 3 is 2.49 bits per heavy atom. The molecule has 4 aromatic rings. The Morgan fingerprint density at radius 2 is 1.74 bits per heavy atom. The average molecular weight is 547 g/mol. The van der Waals surface area contributed by atoms with Crippen molar-refractivity contribution >= 4 is 60.1 Å². The summed E-state index contributed by atoms with van der Waals surface area (Å²) in [5.74, 6) is -1.60. The number of aromatic nitrogens is 1. The van der Waals surface area contributed by atoms with Crippen molar-refractivity contribution in [1.29, 1.82) is 0 Å². The first-order chi connectivity index (χ1) is 16.7. The molecule has 5 rings (SSSR count). The lowest BCUT2D eigenvalue weighted by molar-refractivity contribution is -0.132. The highest BCUT2D eigenvalue weighted by molar-refractivity contribution is 9.10. The second-order valence-corrected chi connectivity index (χ2v) is 10.9. The maximum atomic E-state index is 13.5. The minimum atomic E-state index is -0.811. The fourth-order valence-corrected chi connectivity index (χ4v) is 6.21. The van der Waals surface area contributed by atoms with Gasteiger partial charge in [0.15, 0.2) is 5.13 Å². The molecule has 0 saturated carbocycles. The van der Waals surface area contributed by atoms with Gasteiger partial charge in [0.05, 0.1) is 21.8 Å². The molecule has 1 unspecified atom stereocenters. The van der Waals surface area contributed by atoms with Crippen LogP contribution >= 0.6 is 27.3 Å². The van der Waals surface area contributed by atoms with Crippen LogP contribution in [0.2, 0.25) is 0 Å². The molecule has 1 aliphatic rings. The van der Waals surface area contributed by atoms with Gasteiger partial charge < -0.3 is 5.11 Å². The molecular weight excluding hydrogens is 524 g/mol. The highest BCUT2D eigenvalue weighted by atomic mass is 79.9. The summed E-state index contributed by atoms with van der Waals surface area (Å²) < 4.78 is 1.75. The van der Waals surface area contributed by atoms with Crippen molar-refractivity contribution in [2.24, 2.45) is 0 Å². The van der Waals surface area contributed by atoms with Gasteiger partial charge in [-0.05, 0) is 74.2 Å². The van der Waals surface area contributed by atoms with Crippen molar-refractivity contribution in [2.75, 3.05) is 4.90 Å². The molecule has 176 valence electrons. The van der Waals surface area contributed by atoms with Crippen LogP contribution < -0.4 is 4.90 Å². The van der Waals surface area contributed by atoms with Gasteiger partial charge in [-0.2, -0.15) is 0 Å². The lowest BCUT2D eigenvalue weighted by Crippen LogP contribution is -2.29. The second-order valence-electron chi connectivity index (χ2n) is 8.97. The Hall–Kier alpha value is -3.29. The lowest BCUT2D eigenvalue weighted by atomic mass is 9.93. The number of amides is 1. The van der Waals surface area contributed by atoms with E-state index < -0.39 is 17.7 Å². The topological polar surface area (TPSA) is 70.5 Å². The van der Waals surface area contributed by atoms with Crippen LogP contribution in [-0.4, -0.2) is 21.8 Å². The normalized spacial score (nSPS) is 17.5. The zero-order valence-electron chi connectivity index (χ0n) is 19.7. The lowest BCUT2D eigenvalue weighted by Gasteiger charge is -2.23. The number of fused-ring (bicyclic) bond motifs is 1. The van der Waals surface area contributed by atoms with Crippen molar-refractivity contribution in [3.8, 4) is 0 Å². The maximum Gasteiger partial charge on any atom is 0.301 e. The number of anilines is 1. The van der Waals surface area contributed by atoms with Crippen molar-refractivity contribution < 1.29 is 14.7 Å². The third kappa shape index (κ3) is 3.98. The van der Waals surface area contributed by atoms with E-state index in [-0.39, 0.29) is 11.3 Å². The summed E-state index contributed by atoms with van der Waals surface area (Å²) in [5, 5.41) is 11.9. The molecule has 1 fully saturated rings. The van der Waals surface area contributed by atoms with Crippen LogP contribution in [0, 0.1) is 27.7 Å². The third-order valence-corrected chi connectivity index (χ3v) is 7.78. The van der Waals surface area contributed by atoms with Gasteiger partial charge in [-0.25, -0.2) is 4.98 Å². The van der Waals surface area contributed by atoms with Crippen molar-refractivity contribution in [3.05, 3.63) is 98.0 Å². The molecule has 0 aliphatic carbocycles. The van der Waals surface area contributed by atoms with Crippen LogP contribution in [0.25, 0.3) is 16.0 Å². The molecule has 2 heterocycles. The second kappa shape index (κ2) is 8.73. The molecule has 0 bridgehead atoms. The van der Waals surface area contributed by atoms with Crippen LogP contribution in [0.3, 0.4) is 0 Å². The van der Waals surface area contributed by atoms with Gasteiger partial charge >= 0.3 is 5.91 Å². The fraction of sp³-hybridized carbons (Fsp3) is 0.179. The van der Waals surface area contributed by atoms with E-state index in [0.717, 1.165) is 36.9 Å². The van der Waals surface area contributed by atoms with E-state index in [0.29, 0.717) is 16.3 Å². The van der Waals surface area contributed by atoms with E-state index in [1.807, 2.05) is 82.3 Å². The first-order valence-corrected chi connectivity index (χ1v) is 12.8. The van der Waals surface area contributed by atoms with Crippen LogP contribution in [0.5, 0.6) is 0 Å². The number of Topliss-reactive ketones (excluding diaryl/α,β-unsaturated/α-hetero) is 1. The van der Waals surface area contributed by atoms with E-state index in [1.165, 1.54) is 16.2 Å². The van der Waals surface area contributed by atoms with Gasteiger partial charge in [-0.3, -0.25) is 14.5 Å². The average Bonchev–Trinajstić information content (AvgIpc) is 3.34. The molecule has 1 atom stereocenters. The molecule has 0 spiro atoms. The number of aryl methyl sites for hydroxylation is 4. The molecule has 1 N–H and O–H groups in total. The number of benzene rings is 3. The van der Waals surface area contributed by atoms with Gasteiger partial charge in [0.2, 0.25) is 0 Å². The number of nitrogens with zero attached hydrogens (tertiary/aromatic N) is 2. The maximum absolute atomic E-state index is 13.5. The smallest absolute Gasteiger partial charge is 0.301 e. The van der Waals surface area contributed by atoms with Crippen LogP contribution in [0.15, 0.2) is 64.6 Å². The zero-order valence-corrected chi connectivity index (χ0v) is 22.1. The number of aliphatic hydroxyl groups is 1. The first-order valence-electron chi connectivity index (χ1n) is 11.2. The summed E-state index contributed by atoms with van der Waals surface area (Å²) in [6.45, 7) is 7.80. The Labute approximate surface area is 215 Å². The zero-order chi connectivity index (χ0) is 25.0. The van der Waals surface area contributed by atoms with Crippen LogP contribution in [0.4, 0.5) is 5.13 Å². The van der Waals surface area contributed by atoms with Gasteiger partial charge in [-0.15, -0.1) is 0 Å². The first kappa shape index (κ1) is 23.5. The Morgan fingerprint density at radius 1 is 0.971 bits per heavy atom. The van der Waals surface area contributed by atoms with E-state index >= 15 is 0 Å². The number of hydrogen-bond acceptors (Lipinski definition) is 5. The van der Waals surface area contributed by atoms with Crippen molar-refractivity contribution in [2.45, 2.75) is 33.7 Å². The molecule has 0 radical (unpaired) electrons. The number of aliphatic hydroxyl groups excluding tert-OH is 1. The largest absolute Gasteiger partial charge is 0.507 e. The summed E-state index contributed by atoms with van der Waals surface area (Å²) in [7, 11) is 0. The summed E-state index contributed by atoms with van der Waals surface area (Å²) in [5.41, 5.74) is 5.99. The predicted octanol–water partition coefficient (Wildman–Crippen LogP) is 6.92. The molecule has 1 amide bonds. The molecular formula is C28H23BrN2O3S. The highest BCUT2D eigenvalue weighted by Crippen LogP contribution is 2.45. The monoisotopic (exact) mass is 546 g/mol. The van der Waals surface area contributed by atoms with Crippen molar-refractivity contribution in [3.63, 3.8) is 0 Å². The Bertz CT molecular complexity index is 1570. The predicted molar refractivity (Wildman–Crippen MR) is 144 cm³/mol. The standard InChI is InChI=1S/C28H23BrN2O3S/c1-14-8-9-16(3)20(11-14)25(32)22-24(18-6-5-7-19(29)13-18)31(27(34)26(22)33)28-30-23-17(4)10-15(2)12-21(23)35-28/h5-13,24,32H,1-4H3. The van der Waals surface area contributed by atoms with Gasteiger partial charge in [-0.1, -0.05) is 63.2 Å². The summed E-state index contributed by atoms with van der Waals surface area (Å²) in [6.07, 6.45) is 0. The minimum absolute atomic E-state index is 0.0639. The molecule has 3 aromatic carbocycles. The number of thiazole rings is 1. The van der Waals surface area contributed by atoms with Gasteiger partial charge in [0, 0.05) is 10.0 Å². The Kier molecular flexibility index (Phi) is 5.85. The molecule has 1 saturated heterocycles. The number of halogens is 1. The van der Waals surface area contributed by atoms with Gasteiger partial charge in [0.25, 0.3) is 5.78 Å². The van der Waals surface area contributed by atoms with E-state index in [2.05, 4.69) is 15.9 Å². The summed E-state index contributed by atoms with van der Waals surface area (Å²) in [4.78, 5) is 33.2. The number of hydrogen-bond donors (Lipinski definition) is 1. The highest BCUT2D eigenvalue weighted by Gasteiger charge is 2.48. The number of carbonyl (C=O) groups is 2. The third-order valence-electron chi connectivity index (χ3n) is 6.28. The van der Waals surface area contributed by atoms with E-state index in [1.54, 1.807) is 0 Å². The number of rotatable bonds is 3. The van der Waals surface area contributed by atoms with E-state index in [4.69, 9.17) is 4.98 Å². The number of carbonyl (C=O) groups excluding carboxylic acids is 2. The van der Waals surface area contributed by atoms with Gasteiger partial charge in [0.1, 0.15) is 5.76 Å². The van der Waals surface area contributed by atoms with E-state index in [9.17, 15) is 14.7 Å². The molecule has 5 nitrogen and oxygen atoms in total. The molecule has 1 aromatic heterocycles. The van der Waals surface area contributed by atoms with Crippen LogP contribution in [0.1, 0.15) is 39.4 Å². The fourth-order valence-electron chi connectivity index (χ4n) is 4.62. The quantitative estimate of drug-likeness (QED) is 0.172. The molecule has 1 aliphatic heterocycles. The number of ketones is 1. The van der Waals surface area contributed by atoms with Crippen LogP contribution in [-0.2, 0) is 9.59 Å². The summed E-state index contributed by atoms with van der Waals surface area (Å²) >= 11 is 4.88. The van der Waals surface area contributed by atoms with Crippen molar-refractivity contribution in [1.82, 2.24) is 4.98 Å².